The number of nitrogens with zero attached hydrogens (tertiary/aromatic N) is 1. The Morgan fingerprint density at radius 1 is 1.29 bits per heavy atom. The van der Waals surface area contributed by atoms with Crippen LogP contribution in [0.25, 0.3) is 9.40 Å². The van der Waals surface area contributed by atoms with E-state index >= 15 is 0 Å². The first-order chi connectivity index (χ1) is 7.79. The summed E-state index contributed by atoms with van der Waals surface area (Å²) >= 11 is 6.56. The zero-order valence-corrected chi connectivity index (χ0v) is 10.2. The molecule has 0 aliphatic carbocycles. The second kappa shape index (κ2) is 4.00. The third-order valence-electron chi connectivity index (χ3n) is 1.93. The van der Waals surface area contributed by atoms with Gasteiger partial charge in [0.15, 0.2) is 0 Å². The number of hydrogen-bond donors (Lipinski definition) is 0. The second-order valence-electron chi connectivity index (χ2n) is 3.03. The van der Waals surface area contributed by atoms with Crippen LogP contribution in [0.15, 0.2) is 12.1 Å². The van der Waals surface area contributed by atoms with Crippen molar-refractivity contribution in [3.8, 4) is 0 Å². The summed E-state index contributed by atoms with van der Waals surface area (Å²) in [7, 11) is 0. The Hall–Kier alpha value is -1.06. The second-order valence-corrected chi connectivity index (χ2v) is 6.29. The van der Waals surface area contributed by atoms with Crippen molar-refractivity contribution in [1.82, 2.24) is 0 Å². The molecule has 0 fully saturated rings. The van der Waals surface area contributed by atoms with Crippen LogP contribution >= 0.6 is 34.9 Å². The van der Waals surface area contributed by atoms with Crippen molar-refractivity contribution in [2.24, 2.45) is 0 Å². The summed E-state index contributed by atoms with van der Waals surface area (Å²) in [6.07, 6.45) is -4.62. The average molecular weight is 297 g/mol. The molecule has 3 nitrogen and oxygen atoms in total. The van der Waals surface area contributed by atoms with Gasteiger partial charge < -0.3 is 0 Å². The maximum Gasteiger partial charge on any atom is 0.418 e. The number of halogens is 3. The van der Waals surface area contributed by atoms with Crippen molar-refractivity contribution in [2.45, 2.75) is 6.18 Å². The number of benzene rings is 1. The van der Waals surface area contributed by atoms with E-state index in [2.05, 4.69) is 0 Å². The van der Waals surface area contributed by atoms with Gasteiger partial charge in [-0.2, -0.15) is 13.2 Å². The lowest BCUT2D eigenvalue weighted by molar-refractivity contribution is -0.385. The van der Waals surface area contributed by atoms with E-state index in [0.29, 0.717) is 9.20 Å². The van der Waals surface area contributed by atoms with Crippen molar-refractivity contribution >= 4 is 50.0 Å². The van der Waals surface area contributed by atoms with Crippen molar-refractivity contribution in [2.75, 3.05) is 0 Å². The van der Waals surface area contributed by atoms with Gasteiger partial charge in [-0.05, 0) is 0 Å². The topological polar surface area (TPSA) is 43.1 Å². The highest BCUT2D eigenvalue weighted by molar-refractivity contribution is 7.77. The van der Waals surface area contributed by atoms with Crippen LogP contribution in [0.3, 0.4) is 0 Å². The van der Waals surface area contributed by atoms with E-state index in [4.69, 9.17) is 12.2 Å². The fourth-order valence-corrected chi connectivity index (χ4v) is 3.91. The Morgan fingerprint density at radius 2 is 1.94 bits per heavy atom. The molecule has 0 aliphatic rings. The maximum absolute atomic E-state index is 12.7. The van der Waals surface area contributed by atoms with Gasteiger partial charge >= 0.3 is 6.18 Å². The van der Waals surface area contributed by atoms with Crippen LogP contribution in [0.4, 0.5) is 18.9 Å². The summed E-state index contributed by atoms with van der Waals surface area (Å²) in [5.41, 5.74) is -1.58. The number of rotatable bonds is 1. The molecular weight excluding hydrogens is 295 g/mol. The maximum atomic E-state index is 12.7. The summed E-state index contributed by atoms with van der Waals surface area (Å²) in [5.74, 6) is 0. The van der Waals surface area contributed by atoms with Crippen LogP contribution in [0.2, 0.25) is 0 Å². The molecule has 90 valence electrons. The van der Waals surface area contributed by atoms with Gasteiger partial charge in [0.2, 0.25) is 0 Å². The quantitative estimate of drug-likeness (QED) is 0.438. The first kappa shape index (κ1) is 12.4. The highest BCUT2D eigenvalue weighted by Crippen LogP contribution is 2.42. The summed E-state index contributed by atoms with van der Waals surface area (Å²) in [6, 6.07) is 1.65. The Labute approximate surface area is 105 Å². The molecule has 0 N–H and O–H groups in total. The Balaban J connectivity index is 2.87. The molecule has 0 atom stereocenters. The fourth-order valence-electron chi connectivity index (χ4n) is 1.28. The highest BCUT2D eigenvalue weighted by Gasteiger charge is 2.35. The molecule has 0 saturated heterocycles. The highest BCUT2D eigenvalue weighted by atomic mass is 32.2. The molecule has 0 aliphatic heterocycles. The lowest BCUT2D eigenvalue weighted by Crippen LogP contribution is -2.05. The van der Waals surface area contributed by atoms with Crippen LogP contribution in [0.1, 0.15) is 5.56 Å². The number of alkyl halides is 3. The van der Waals surface area contributed by atoms with Gasteiger partial charge in [-0.1, -0.05) is 12.2 Å². The van der Waals surface area contributed by atoms with Crippen molar-refractivity contribution in [3.63, 3.8) is 0 Å². The number of nitro groups is 1. The van der Waals surface area contributed by atoms with E-state index in [-0.39, 0.29) is 9.40 Å². The number of hydrogen-bond acceptors (Lipinski definition) is 5. The zero-order valence-electron chi connectivity index (χ0n) is 7.78. The summed E-state index contributed by atoms with van der Waals surface area (Å²) in [6.45, 7) is 0. The third kappa shape index (κ3) is 2.31. The standard InChI is InChI=1S/C8H2F3NO2S3/c9-8(10,11)4-1-3(12(13)14)2-5-6(4)17-7(15)16-5/h1-2H. The molecule has 1 aromatic heterocycles. The van der Waals surface area contributed by atoms with E-state index in [9.17, 15) is 23.3 Å². The van der Waals surface area contributed by atoms with Gasteiger partial charge in [-0.25, -0.2) is 0 Å². The van der Waals surface area contributed by atoms with Gasteiger partial charge in [0.25, 0.3) is 5.69 Å². The molecule has 1 aromatic carbocycles. The molecule has 9 heteroatoms. The van der Waals surface area contributed by atoms with Crippen LogP contribution in [0.5, 0.6) is 0 Å². The number of fused-ring (bicyclic) bond motifs is 1. The lowest BCUT2D eigenvalue weighted by atomic mass is 10.2. The van der Waals surface area contributed by atoms with Gasteiger partial charge in [-0.3, -0.25) is 10.1 Å². The molecule has 2 rings (SSSR count). The molecule has 0 bridgehead atoms. The number of non-ortho nitro benzene ring substituents is 1. The smallest absolute Gasteiger partial charge is 0.258 e. The van der Waals surface area contributed by atoms with Crippen molar-refractivity contribution in [3.05, 3.63) is 30.9 Å². The summed E-state index contributed by atoms with van der Waals surface area (Å²) < 4.78 is 38.6. The van der Waals surface area contributed by atoms with E-state index < -0.39 is 22.4 Å². The molecule has 0 unspecified atom stereocenters. The third-order valence-corrected chi connectivity index (χ3v) is 4.58. The molecular formula is C8H2F3NO2S3. The average Bonchev–Trinajstić information content (AvgIpc) is 2.54. The molecule has 0 spiro atoms. The minimum atomic E-state index is -4.62. The zero-order chi connectivity index (χ0) is 12.8. The minimum Gasteiger partial charge on any atom is -0.258 e. The molecule has 0 amide bonds. The van der Waals surface area contributed by atoms with E-state index in [1.54, 1.807) is 0 Å². The predicted octanol–water partition coefficient (Wildman–Crippen LogP) is 4.62. The first-order valence-corrected chi connectivity index (χ1v) is 6.12. The molecule has 17 heavy (non-hydrogen) atoms. The van der Waals surface area contributed by atoms with E-state index in [1.807, 2.05) is 0 Å². The number of nitro benzene ring substituents is 1. The molecule has 0 radical (unpaired) electrons. The van der Waals surface area contributed by atoms with Crippen molar-refractivity contribution < 1.29 is 18.1 Å². The minimum absolute atomic E-state index is 0.0434. The predicted molar refractivity (Wildman–Crippen MR) is 62.2 cm³/mol. The SMILES string of the molecule is O=[N+]([O-])c1cc(C(F)(F)F)c2sc(=S)sc2c1. The van der Waals surface area contributed by atoms with Crippen LogP contribution in [-0.4, -0.2) is 4.92 Å². The Morgan fingerprint density at radius 3 is 2.47 bits per heavy atom. The van der Waals surface area contributed by atoms with Gasteiger partial charge in [0.05, 0.1) is 19.9 Å². The molecule has 1 heterocycles. The van der Waals surface area contributed by atoms with Crippen LogP contribution < -0.4 is 0 Å². The van der Waals surface area contributed by atoms with E-state index in [1.165, 1.54) is 0 Å². The Kier molecular flexibility index (Phi) is 2.92. The van der Waals surface area contributed by atoms with Crippen molar-refractivity contribution in [1.29, 1.82) is 0 Å². The van der Waals surface area contributed by atoms with E-state index in [0.717, 1.165) is 28.7 Å². The monoisotopic (exact) mass is 297 g/mol. The molecule has 2 aromatic rings. The van der Waals surface area contributed by atoms with Crippen LogP contribution in [-0.2, 0) is 6.18 Å². The van der Waals surface area contributed by atoms with Crippen LogP contribution in [0, 0.1) is 13.3 Å². The van der Waals surface area contributed by atoms with Gasteiger partial charge in [0.1, 0.15) is 3.14 Å². The largest absolute Gasteiger partial charge is 0.418 e. The fraction of sp³-hybridized carbons (Fsp3) is 0.125. The van der Waals surface area contributed by atoms with Gasteiger partial charge in [-0.15, -0.1) is 22.7 Å². The normalized spacial score (nSPS) is 11.9. The first-order valence-electron chi connectivity index (χ1n) is 4.08. The summed E-state index contributed by atoms with van der Waals surface area (Å²) in [4.78, 5) is 9.71. The van der Waals surface area contributed by atoms with Gasteiger partial charge in [0, 0.05) is 12.1 Å². The Bertz CT molecular complexity index is 658. The summed E-state index contributed by atoms with van der Waals surface area (Å²) in [5, 5.41) is 10.6. The molecule has 0 saturated carbocycles. The lowest BCUT2D eigenvalue weighted by Gasteiger charge is -2.06.